The van der Waals surface area contributed by atoms with Crippen LogP contribution in [-0.4, -0.2) is 49.4 Å². The lowest BCUT2D eigenvalue weighted by molar-refractivity contribution is -0.220. The number of amides is 2. The van der Waals surface area contributed by atoms with E-state index in [0.29, 0.717) is 10.6 Å². The highest BCUT2D eigenvalue weighted by atomic mass is 16.5. The maximum atomic E-state index is 12.1. The van der Waals surface area contributed by atoms with Crippen molar-refractivity contribution in [2.45, 2.75) is 12.1 Å². The Morgan fingerprint density at radius 3 is 2.54 bits per heavy atom. The molecule has 1 aliphatic rings. The molecule has 3 N–H and O–H groups in total. The molecule has 3 rings (SSSR count). The summed E-state index contributed by atoms with van der Waals surface area (Å²) in [5.74, 6) is -1.09. The van der Waals surface area contributed by atoms with Crippen LogP contribution in [0.25, 0.3) is 0 Å². The molecule has 2 heterocycles. The van der Waals surface area contributed by atoms with Gasteiger partial charge < -0.3 is 10.4 Å². The number of rotatable bonds is 4. The van der Waals surface area contributed by atoms with Gasteiger partial charge >= 0.3 is 5.69 Å². The summed E-state index contributed by atoms with van der Waals surface area (Å²) in [6.45, 7) is -0.494. The van der Waals surface area contributed by atoms with Gasteiger partial charge in [0.25, 0.3) is 11.8 Å². The number of aliphatic hydroxyl groups is 1. The van der Waals surface area contributed by atoms with Crippen molar-refractivity contribution in [1.29, 1.82) is 0 Å². The Bertz CT molecular complexity index is 835. The van der Waals surface area contributed by atoms with Crippen LogP contribution >= 0.6 is 0 Å². The molecule has 24 heavy (non-hydrogen) atoms. The topological polar surface area (TPSA) is 125 Å². The molecule has 9 heteroatoms. The molecule has 9 nitrogen and oxygen atoms in total. The maximum Gasteiger partial charge on any atom is 0.350 e. The first-order valence-electron chi connectivity index (χ1n) is 7.11. The molecule has 124 valence electrons. The van der Waals surface area contributed by atoms with Gasteiger partial charge in [-0.05, 0) is 18.2 Å². The predicted molar refractivity (Wildman–Crippen MR) is 81.4 cm³/mol. The third kappa shape index (κ3) is 2.66. The normalized spacial score (nSPS) is 19.8. The monoisotopic (exact) mass is 330 g/mol. The smallest absolute Gasteiger partial charge is 0.350 e. The molecule has 0 radical (unpaired) electrons. The number of anilines is 1. The first-order valence-corrected chi connectivity index (χ1v) is 7.11. The largest absolute Gasteiger partial charge is 0.394 e. The average Bonchev–Trinajstić information content (AvgIpc) is 2.60. The Hall–Kier alpha value is -3.04. The zero-order valence-electron chi connectivity index (χ0n) is 12.4. The number of β-lactam (4-membered cyclic amide) rings is 1. The summed E-state index contributed by atoms with van der Waals surface area (Å²) in [7, 11) is 0. The Balaban J connectivity index is 1.80. The zero-order valence-corrected chi connectivity index (χ0v) is 12.4. The SMILES string of the molecule is O=C(Nc1ccn(C2C(=O)N(O)C2CO)c(=O)n1)c1ccccc1. The standard InChI is InChI=1S/C15H14N4O5/c20-8-10-12(14(22)19(10)24)18-7-6-11(17-15(18)23)16-13(21)9-4-2-1-3-5-9/h1-7,10,12,20,24H,8H2,(H,16,17,21,23). The van der Waals surface area contributed by atoms with Crippen molar-refractivity contribution in [3.63, 3.8) is 0 Å². The first-order chi connectivity index (χ1) is 11.5. The van der Waals surface area contributed by atoms with Crippen LogP contribution in [0, 0.1) is 0 Å². The van der Waals surface area contributed by atoms with Crippen LogP contribution in [0.3, 0.4) is 0 Å². The number of hydrogen-bond acceptors (Lipinski definition) is 6. The highest BCUT2D eigenvalue weighted by Crippen LogP contribution is 2.27. The van der Waals surface area contributed by atoms with Crippen LogP contribution in [0.2, 0.25) is 0 Å². The number of nitrogens with one attached hydrogen (secondary N) is 1. The molecule has 1 aliphatic heterocycles. The van der Waals surface area contributed by atoms with Crippen molar-refractivity contribution >= 4 is 17.6 Å². The summed E-state index contributed by atoms with van der Waals surface area (Å²) in [6.07, 6.45) is 1.29. The number of hydroxylamine groups is 2. The van der Waals surface area contributed by atoms with Crippen LogP contribution < -0.4 is 11.0 Å². The highest BCUT2D eigenvalue weighted by Gasteiger charge is 2.48. The third-order valence-electron chi connectivity index (χ3n) is 3.75. The van der Waals surface area contributed by atoms with E-state index in [1.165, 1.54) is 12.3 Å². The second-order valence-electron chi connectivity index (χ2n) is 5.20. The lowest BCUT2D eigenvalue weighted by atomic mass is 9.99. The summed E-state index contributed by atoms with van der Waals surface area (Å²) in [4.78, 5) is 39.4. The van der Waals surface area contributed by atoms with Gasteiger partial charge in [-0.25, -0.2) is 9.86 Å². The molecule has 0 saturated carbocycles. The average molecular weight is 330 g/mol. The van der Waals surface area contributed by atoms with E-state index in [1.54, 1.807) is 30.3 Å². The minimum Gasteiger partial charge on any atom is -0.394 e. The van der Waals surface area contributed by atoms with E-state index in [1.807, 2.05) is 0 Å². The van der Waals surface area contributed by atoms with Crippen molar-refractivity contribution in [3.8, 4) is 0 Å². The quantitative estimate of drug-likeness (QED) is 0.519. The molecule has 0 spiro atoms. The number of hydrogen-bond donors (Lipinski definition) is 3. The minimum atomic E-state index is -1.01. The molecule has 2 aromatic rings. The van der Waals surface area contributed by atoms with Crippen molar-refractivity contribution < 1.29 is 19.9 Å². The van der Waals surface area contributed by atoms with E-state index >= 15 is 0 Å². The second kappa shape index (κ2) is 6.22. The lowest BCUT2D eigenvalue weighted by Crippen LogP contribution is -2.62. The van der Waals surface area contributed by atoms with Crippen molar-refractivity contribution in [2.75, 3.05) is 11.9 Å². The van der Waals surface area contributed by atoms with Gasteiger partial charge in [-0.2, -0.15) is 4.98 Å². The zero-order chi connectivity index (χ0) is 17.3. The summed E-state index contributed by atoms with van der Waals surface area (Å²) in [5, 5.41) is 21.3. The van der Waals surface area contributed by atoms with Gasteiger partial charge in [0.2, 0.25) is 0 Å². The highest BCUT2D eigenvalue weighted by molar-refractivity contribution is 6.03. The third-order valence-corrected chi connectivity index (χ3v) is 3.75. The molecule has 1 aromatic heterocycles. The van der Waals surface area contributed by atoms with Crippen LogP contribution in [0.4, 0.5) is 5.82 Å². The van der Waals surface area contributed by atoms with Crippen molar-refractivity contribution in [3.05, 3.63) is 58.6 Å². The van der Waals surface area contributed by atoms with Crippen LogP contribution in [-0.2, 0) is 4.79 Å². The molecule has 2 amide bonds. The van der Waals surface area contributed by atoms with Gasteiger partial charge in [0.1, 0.15) is 17.9 Å². The molecule has 2 atom stereocenters. The van der Waals surface area contributed by atoms with Crippen molar-refractivity contribution in [2.24, 2.45) is 0 Å². The van der Waals surface area contributed by atoms with E-state index < -0.39 is 36.2 Å². The van der Waals surface area contributed by atoms with Crippen LogP contribution in [0.15, 0.2) is 47.4 Å². The number of carbonyl (C=O) groups is 2. The van der Waals surface area contributed by atoms with Gasteiger partial charge in [0.15, 0.2) is 0 Å². The Labute approximate surface area is 135 Å². The summed E-state index contributed by atoms with van der Waals surface area (Å²) in [5.41, 5.74) is -0.361. The van der Waals surface area contributed by atoms with Crippen LogP contribution in [0.1, 0.15) is 16.4 Å². The Morgan fingerprint density at radius 1 is 1.21 bits per heavy atom. The van der Waals surface area contributed by atoms with Gasteiger partial charge in [0, 0.05) is 11.8 Å². The summed E-state index contributed by atoms with van der Waals surface area (Å²) in [6, 6.07) is 7.87. The second-order valence-corrected chi connectivity index (χ2v) is 5.20. The van der Waals surface area contributed by atoms with Gasteiger partial charge in [-0.15, -0.1) is 0 Å². The molecule has 1 aromatic carbocycles. The number of carbonyl (C=O) groups excluding carboxylic acids is 2. The number of aromatic nitrogens is 2. The molecular formula is C15H14N4O5. The van der Waals surface area contributed by atoms with Crippen molar-refractivity contribution in [1.82, 2.24) is 14.6 Å². The Morgan fingerprint density at radius 2 is 1.92 bits per heavy atom. The van der Waals surface area contributed by atoms with E-state index in [2.05, 4.69) is 10.3 Å². The maximum absolute atomic E-state index is 12.1. The van der Waals surface area contributed by atoms with Gasteiger partial charge in [0.05, 0.1) is 6.61 Å². The number of benzene rings is 1. The molecule has 1 fully saturated rings. The number of aliphatic hydroxyl groups excluding tert-OH is 1. The molecule has 2 unspecified atom stereocenters. The summed E-state index contributed by atoms with van der Waals surface area (Å²) < 4.78 is 1.01. The molecule has 0 bridgehead atoms. The molecule has 0 aliphatic carbocycles. The van der Waals surface area contributed by atoms with E-state index in [9.17, 15) is 19.6 Å². The van der Waals surface area contributed by atoms with Crippen LogP contribution in [0.5, 0.6) is 0 Å². The van der Waals surface area contributed by atoms with E-state index in [0.717, 1.165) is 4.57 Å². The fraction of sp³-hybridized carbons (Fsp3) is 0.200. The fourth-order valence-electron chi connectivity index (χ4n) is 2.47. The fourth-order valence-corrected chi connectivity index (χ4v) is 2.47. The van der Waals surface area contributed by atoms with E-state index in [-0.39, 0.29) is 5.82 Å². The summed E-state index contributed by atoms with van der Waals surface area (Å²) >= 11 is 0. The Kier molecular flexibility index (Phi) is 4.11. The van der Waals surface area contributed by atoms with E-state index in [4.69, 9.17) is 5.11 Å². The van der Waals surface area contributed by atoms with Gasteiger partial charge in [-0.1, -0.05) is 18.2 Å². The minimum absolute atomic E-state index is 0.0401. The first kappa shape index (κ1) is 15.8. The molecular weight excluding hydrogens is 316 g/mol. The molecule has 1 saturated heterocycles. The number of nitrogens with zero attached hydrogens (tertiary/aromatic N) is 3. The predicted octanol–water partition coefficient (Wildman–Crippen LogP) is -0.371. The van der Waals surface area contributed by atoms with Gasteiger partial charge in [-0.3, -0.25) is 19.4 Å². The lowest BCUT2D eigenvalue weighted by Gasteiger charge is -2.41.